The highest BCUT2D eigenvalue weighted by atomic mass is 19.1. The molecule has 2 aromatic carbocycles. The maximum Gasteiger partial charge on any atom is 0.157 e. The van der Waals surface area contributed by atoms with Crippen molar-refractivity contribution >= 4 is 5.78 Å². The van der Waals surface area contributed by atoms with Crippen LogP contribution in [0.4, 0.5) is 4.39 Å². The minimum Gasteiger partial charge on any atom is -0.497 e. The molecule has 1 aliphatic rings. The zero-order valence-electron chi connectivity index (χ0n) is 14.7. The molecule has 0 spiro atoms. The van der Waals surface area contributed by atoms with E-state index in [9.17, 15) is 9.18 Å². The predicted octanol–water partition coefficient (Wildman–Crippen LogP) is 4.38. The third-order valence-electron chi connectivity index (χ3n) is 5.03. The van der Waals surface area contributed by atoms with Gasteiger partial charge in [-0.25, -0.2) is 4.39 Å². The minimum atomic E-state index is -0.304. The molecule has 2 atom stereocenters. The number of rotatable bonds is 5. The Morgan fingerprint density at radius 3 is 2.40 bits per heavy atom. The van der Waals surface area contributed by atoms with Crippen LogP contribution in [0.1, 0.15) is 36.9 Å². The van der Waals surface area contributed by atoms with Gasteiger partial charge in [-0.05, 0) is 48.2 Å². The second-order valence-electron chi connectivity index (χ2n) is 6.57. The molecule has 1 heterocycles. The van der Waals surface area contributed by atoms with Gasteiger partial charge < -0.3 is 4.74 Å². The Labute approximate surface area is 148 Å². The van der Waals surface area contributed by atoms with Crippen LogP contribution in [-0.4, -0.2) is 24.3 Å². The molecule has 25 heavy (non-hydrogen) atoms. The summed E-state index contributed by atoms with van der Waals surface area (Å²) in [5.74, 6) is 0.872. The second-order valence-corrected chi connectivity index (χ2v) is 6.57. The van der Waals surface area contributed by atoms with Crippen molar-refractivity contribution in [3.05, 3.63) is 65.5 Å². The van der Waals surface area contributed by atoms with Crippen LogP contribution in [0.5, 0.6) is 5.75 Å². The number of carbonyl (C=O) groups excluding carboxylic acids is 1. The highest BCUT2D eigenvalue weighted by Crippen LogP contribution is 2.34. The van der Waals surface area contributed by atoms with Crippen LogP contribution in [0.25, 0.3) is 0 Å². The number of halogens is 1. The van der Waals surface area contributed by atoms with Crippen LogP contribution in [0.15, 0.2) is 48.5 Å². The van der Waals surface area contributed by atoms with E-state index in [0.717, 1.165) is 36.3 Å². The van der Waals surface area contributed by atoms with Crippen molar-refractivity contribution in [2.24, 2.45) is 5.92 Å². The number of benzene rings is 2. The fraction of sp³-hybridized carbons (Fsp3) is 0.381. The van der Waals surface area contributed by atoms with Crippen molar-refractivity contribution in [3.8, 4) is 5.75 Å². The predicted molar refractivity (Wildman–Crippen MR) is 96.0 cm³/mol. The van der Waals surface area contributed by atoms with E-state index in [4.69, 9.17) is 4.74 Å². The molecule has 0 bridgehead atoms. The lowest BCUT2D eigenvalue weighted by atomic mass is 9.84. The van der Waals surface area contributed by atoms with E-state index in [0.29, 0.717) is 6.54 Å². The first-order chi connectivity index (χ1) is 12.1. The zero-order valence-corrected chi connectivity index (χ0v) is 14.7. The van der Waals surface area contributed by atoms with Crippen molar-refractivity contribution < 1.29 is 13.9 Å². The number of Topliss-reactive ketones (excluding diaryl/α,β-unsaturated/α-hetero) is 1. The number of hydrogen-bond donors (Lipinski definition) is 0. The van der Waals surface area contributed by atoms with Crippen LogP contribution in [0.3, 0.4) is 0 Å². The molecule has 132 valence electrons. The molecule has 4 heteroatoms. The molecule has 1 aliphatic heterocycles. The van der Waals surface area contributed by atoms with Gasteiger partial charge in [-0.1, -0.05) is 31.2 Å². The number of hydrogen-bond acceptors (Lipinski definition) is 3. The van der Waals surface area contributed by atoms with Gasteiger partial charge in [-0.3, -0.25) is 9.69 Å². The first-order valence-electron chi connectivity index (χ1n) is 8.78. The van der Waals surface area contributed by atoms with Crippen LogP contribution in [0, 0.1) is 11.7 Å². The number of methoxy groups -OCH3 is 1. The lowest BCUT2D eigenvalue weighted by Gasteiger charge is -2.38. The Balaban J connectivity index is 1.86. The average molecular weight is 341 g/mol. The topological polar surface area (TPSA) is 29.5 Å². The van der Waals surface area contributed by atoms with Crippen molar-refractivity contribution in [1.82, 2.24) is 4.90 Å². The summed E-state index contributed by atoms with van der Waals surface area (Å²) in [6, 6.07) is 13.9. The Morgan fingerprint density at radius 1 is 1.12 bits per heavy atom. The SMILES string of the molecule is CCC1CCN(Cc2ccc(OC)cc2)C(c2ccc(F)cc2)C1=O. The summed E-state index contributed by atoms with van der Waals surface area (Å²) in [5, 5.41) is 0. The summed E-state index contributed by atoms with van der Waals surface area (Å²) >= 11 is 0. The third kappa shape index (κ3) is 3.90. The molecule has 3 nitrogen and oxygen atoms in total. The summed E-state index contributed by atoms with van der Waals surface area (Å²) in [6.07, 6.45) is 1.73. The van der Waals surface area contributed by atoms with Gasteiger partial charge in [0.15, 0.2) is 5.78 Å². The molecular weight excluding hydrogens is 317 g/mol. The van der Waals surface area contributed by atoms with Crippen LogP contribution < -0.4 is 4.74 Å². The zero-order chi connectivity index (χ0) is 17.8. The number of nitrogens with zero attached hydrogens (tertiary/aromatic N) is 1. The number of carbonyl (C=O) groups is 1. The first-order valence-corrected chi connectivity index (χ1v) is 8.78. The Hall–Kier alpha value is -2.20. The molecule has 0 saturated carbocycles. The number of likely N-dealkylation sites (tertiary alicyclic amines) is 1. The summed E-state index contributed by atoms with van der Waals surface area (Å²) in [7, 11) is 1.65. The highest BCUT2D eigenvalue weighted by molar-refractivity contribution is 5.88. The van der Waals surface area contributed by atoms with E-state index in [1.165, 1.54) is 12.1 Å². The highest BCUT2D eigenvalue weighted by Gasteiger charge is 2.36. The number of ketones is 1. The Kier molecular flexibility index (Phi) is 5.49. The second kappa shape index (κ2) is 7.79. The van der Waals surface area contributed by atoms with E-state index >= 15 is 0 Å². The molecule has 0 radical (unpaired) electrons. The third-order valence-corrected chi connectivity index (χ3v) is 5.03. The smallest absolute Gasteiger partial charge is 0.157 e. The summed E-state index contributed by atoms with van der Waals surface area (Å²) in [6.45, 7) is 3.61. The molecule has 3 rings (SSSR count). The van der Waals surface area contributed by atoms with E-state index in [1.54, 1.807) is 19.2 Å². The normalized spacial score (nSPS) is 21.3. The van der Waals surface area contributed by atoms with Crippen LogP contribution in [0.2, 0.25) is 0 Å². The largest absolute Gasteiger partial charge is 0.497 e. The maximum absolute atomic E-state index is 13.3. The van der Waals surface area contributed by atoms with E-state index in [-0.39, 0.29) is 23.6 Å². The van der Waals surface area contributed by atoms with Gasteiger partial charge in [0.2, 0.25) is 0 Å². The Morgan fingerprint density at radius 2 is 1.80 bits per heavy atom. The van der Waals surface area contributed by atoms with Crippen LogP contribution >= 0.6 is 0 Å². The van der Waals surface area contributed by atoms with Crippen LogP contribution in [-0.2, 0) is 11.3 Å². The molecule has 2 aromatic rings. The van der Waals surface area contributed by atoms with Gasteiger partial charge in [-0.2, -0.15) is 0 Å². The average Bonchev–Trinajstić information content (AvgIpc) is 2.64. The van der Waals surface area contributed by atoms with Gasteiger partial charge in [0, 0.05) is 19.0 Å². The molecule has 0 aromatic heterocycles. The van der Waals surface area contributed by atoms with Gasteiger partial charge in [0.1, 0.15) is 11.6 Å². The molecular formula is C21H24FNO2. The fourth-order valence-electron chi connectivity index (χ4n) is 3.56. The lowest BCUT2D eigenvalue weighted by molar-refractivity contribution is -0.132. The van der Waals surface area contributed by atoms with Gasteiger partial charge in [-0.15, -0.1) is 0 Å². The van der Waals surface area contributed by atoms with Crippen molar-refractivity contribution in [2.75, 3.05) is 13.7 Å². The van der Waals surface area contributed by atoms with Gasteiger partial charge in [0.05, 0.1) is 13.2 Å². The first kappa shape index (κ1) is 17.6. The van der Waals surface area contributed by atoms with E-state index in [1.807, 2.05) is 24.3 Å². The Bertz CT molecular complexity index is 712. The molecule has 0 amide bonds. The molecule has 1 fully saturated rings. The fourth-order valence-corrected chi connectivity index (χ4v) is 3.56. The van der Waals surface area contributed by atoms with Gasteiger partial charge in [0.25, 0.3) is 0 Å². The monoisotopic (exact) mass is 341 g/mol. The van der Waals surface area contributed by atoms with Gasteiger partial charge >= 0.3 is 0 Å². The number of ether oxygens (including phenoxy) is 1. The van der Waals surface area contributed by atoms with Crippen molar-refractivity contribution in [1.29, 1.82) is 0 Å². The summed E-state index contributed by atoms with van der Waals surface area (Å²) < 4.78 is 18.5. The van der Waals surface area contributed by atoms with E-state index in [2.05, 4.69) is 11.8 Å². The minimum absolute atomic E-state index is 0.0853. The standard InChI is InChI=1S/C21H24FNO2/c1-3-16-12-13-23(14-15-4-10-19(25-2)11-5-15)20(21(16)24)17-6-8-18(22)9-7-17/h4-11,16,20H,3,12-14H2,1-2H3. The summed E-state index contributed by atoms with van der Waals surface area (Å²) in [4.78, 5) is 15.2. The number of piperidine rings is 1. The molecule has 0 N–H and O–H groups in total. The molecule has 2 unspecified atom stereocenters. The lowest BCUT2D eigenvalue weighted by Crippen LogP contribution is -2.43. The van der Waals surface area contributed by atoms with Crippen molar-refractivity contribution in [2.45, 2.75) is 32.4 Å². The summed E-state index contributed by atoms with van der Waals surface area (Å²) in [5.41, 5.74) is 2.01. The molecule has 0 aliphatic carbocycles. The quantitative estimate of drug-likeness (QED) is 0.808. The van der Waals surface area contributed by atoms with E-state index < -0.39 is 0 Å². The molecule has 1 saturated heterocycles. The van der Waals surface area contributed by atoms with Crippen molar-refractivity contribution in [3.63, 3.8) is 0 Å². The maximum atomic E-state index is 13.3.